The van der Waals surface area contributed by atoms with Crippen molar-refractivity contribution >= 4 is 5.91 Å². The quantitative estimate of drug-likeness (QED) is 0.729. The molecule has 0 radical (unpaired) electrons. The molecule has 1 heterocycles. The second-order valence-corrected chi connectivity index (χ2v) is 2.79. The van der Waals surface area contributed by atoms with Gasteiger partial charge >= 0.3 is 0 Å². The number of hydrogen-bond acceptors (Lipinski definition) is 4. The molecule has 1 aromatic heterocycles. The topological polar surface area (TPSA) is 97.5 Å². The lowest BCUT2D eigenvalue weighted by atomic mass is 10.1. The normalized spacial score (nSPS) is 10.2. The van der Waals surface area contributed by atoms with Crippen LogP contribution in [0.3, 0.4) is 0 Å². The summed E-state index contributed by atoms with van der Waals surface area (Å²) in [6, 6.07) is 3.81. The van der Waals surface area contributed by atoms with Gasteiger partial charge in [-0.3, -0.25) is 4.79 Å². The third kappa shape index (κ3) is 1.66. The van der Waals surface area contributed by atoms with Crippen molar-refractivity contribution in [2.75, 3.05) is 0 Å². The molecule has 0 aliphatic heterocycles. The molecule has 0 aliphatic carbocycles. The van der Waals surface area contributed by atoms with Gasteiger partial charge in [-0.05, 0) is 23.4 Å². The van der Waals surface area contributed by atoms with Crippen molar-refractivity contribution in [1.29, 1.82) is 0 Å². The standard InChI is InChI=1S/C8H6FN5O/c9-6-3-4(7(10)15)1-2-5(6)8-11-13-14-12-8/h1-3H,(H2,10,15)(H,11,12,13,14). The number of nitrogens with zero attached hydrogens (tertiary/aromatic N) is 3. The predicted octanol–water partition coefficient (Wildman–Crippen LogP) is 0.105. The minimum Gasteiger partial charge on any atom is -0.366 e. The van der Waals surface area contributed by atoms with E-state index in [0.29, 0.717) is 0 Å². The summed E-state index contributed by atoms with van der Waals surface area (Å²) in [5, 5.41) is 12.7. The molecule has 0 spiro atoms. The molecule has 7 heteroatoms. The van der Waals surface area contributed by atoms with Gasteiger partial charge in [0.25, 0.3) is 0 Å². The van der Waals surface area contributed by atoms with Crippen molar-refractivity contribution < 1.29 is 9.18 Å². The third-order valence-electron chi connectivity index (χ3n) is 1.84. The van der Waals surface area contributed by atoms with Gasteiger partial charge in [0.15, 0.2) is 0 Å². The fourth-order valence-electron chi connectivity index (χ4n) is 1.13. The van der Waals surface area contributed by atoms with Gasteiger partial charge in [-0.1, -0.05) is 0 Å². The number of hydrogen-bond donors (Lipinski definition) is 2. The Hall–Kier alpha value is -2.31. The van der Waals surface area contributed by atoms with E-state index in [1.807, 2.05) is 0 Å². The molecule has 2 rings (SSSR count). The molecule has 76 valence electrons. The highest BCUT2D eigenvalue weighted by Gasteiger charge is 2.11. The Kier molecular flexibility index (Phi) is 2.13. The maximum atomic E-state index is 13.4. The number of nitrogens with two attached hydrogens (primary N) is 1. The monoisotopic (exact) mass is 207 g/mol. The number of primary amides is 1. The highest BCUT2D eigenvalue weighted by Crippen LogP contribution is 2.18. The van der Waals surface area contributed by atoms with E-state index in [4.69, 9.17) is 5.73 Å². The fraction of sp³-hybridized carbons (Fsp3) is 0. The first kappa shape index (κ1) is 9.25. The van der Waals surface area contributed by atoms with Gasteiger partial charge in [-0.25, -0.2) is 4.39 Å². The summed E-state index contributed by atoms with van der Waals surface area (Å²) >= 11 is 0. The summed E-state index contributed by atoms with van der Waals surface area (Å²) in [7, 11) is 0. The molecule has 0 atom stereocenters. The minimum atomic E-state index is -0.687. The molecule has 15 heavy (non-hydrogen) atoms. The Morgan fingerprint density at radius 1 is 1.47 bits per heavy atom. The van der Waals surface area contributed by atoms with Crippen molar-refractivity contribution in [3.63, 3.8) is 0 Å². The zero-order chi connectivity index (χ0) is 10.8. The van der Waals surface area contributed by atoms with E-state index in [2.05, 4.69) is 20.6 Å². The first-order chi connectivity index (χ1) is 7.18. The number of benzene rings is 1. The molecule has 0 bridgehead atoms. The van der Waals surface area contributed by atoms with Crippen molar-refractivity contribution in [2.24, 2.45) is 5.73 Å². The van der Waals surface area contributed by atoms with Crippen LogP contribution in [-0.4, -0.2) is 26.5 Å². The van der Waals surface area contributed by atoms with Crippen LogP contribution in [0.25, 0.3) is 11.4 Å². The smallest absolute Gasteiger partial charge is 0.248 e. The number of aromatic nitrogens is 4. The Morgan fingerprint density at radius 3 is 2.80 bits per heavy atom. The Bertz CT molecular complexity index is 496. The maximum Gasteiger partial charge on any atom is 0.248 e. The maximum absolute atomic E-state index is 13.4. The van der Waals surface area contributed by atoms with Gasteiger partial charge in [-0.15, -0.1) is 10.2 Å². The molecule has 0 saturated heterocycles. The van der Waals surface area contributed by atoms with Gasteiger partial charge < -0.3 is 5.73 Å². The number of carbonyl (C=O) groups is 1. The molecular weight excluding hydrogens is 201 g/mol. The highest BCUT2D eigenvalue weighted by molar-refractivity contribution is 5.93. The molecule has 3 N–H and O–H groups in total. The van der Waals surface area contributed by atoms with Crippen molar-refractivity contribution in [1.82, 2.24) is 20.6 Å². The number of halogens is 1. The number of carbonyl (C=O) groups excluding carboxylic acids is 1. The second kappa shape index (κ2) is 3.45. The van der Waals surface area contributed by atoms with Crippen LogP contribution in [0.15, 0.2) is 18.2 Å². The lowest BCUT2D eigenvalue weighted by Gasteiger charge is -1.99. The number of nitrogens with one attached hydrogen (secondary N) is 1. The van der Waals surface area contributed by atoms with Crippen LogP contribution >= 0.6 is 0 Å². The van der Waals surface area contributed by atoms with E-state index in [9.17, 15) is 9.18 Å². The number of H-pyrrole nitrogens is 1. The summed E-state index contributed by atoms with van der Waals surface area (Å²) in [4.78, 5) is 10.8. The number of aromatic amines is 1. The second-order valence-electron chi connectivity index (χ2n) is 2.79. The van der Waals surface area contributed by atoms with Crippen LogP contribution in [0.5, 0.6) is 0 Å². The number of tetrazole rings is 1. The van der Waals surface area contributed by atoms with E-state index in [-0.39, 0.29) is 17.0 Å². The van der Waals surface area contributed by atoms with Gasteiger partial charge in [0.05, 0.1) is 5.56 Å². The minimum absolute atomic E-state index is 0.0970. The Morgan fingerprint density at radius 2 is 2.27 bits per heavy atom. The first-order valence-electron chi connectivity index (χ1n) is 4.01. The average Bonchev–Trinajstić information content (AvgIpc) is 2.70. The average molecular weight is 207 g/mol. The Labute approximate surface area is 83.3 Å². The van der Waals surface area contributed by atoms with Crippen LogP contribution in [-0.2, 0) is 0 Å². The summed E-state index contributed by atoms with van der Waals surface area (Å²) in [6.07, 6.45) is 0. The summed E-state index contributed by atoms with van der Waals surface area (Å²) in [5.74, 6) is -1.18. The predicted molar refractivity (Wildman–Crippen MR) is 48.1 cm³/mol. The molecule has 0 fully saturated rings. The molecule has 0 unspecified atom stereocenters. The van der Waals surface area contributed by atoms with Crippen LogP contribution in [0.4, 0.5) is 4.39 Å². The zero-order valence-electron chi connectivity index (χ0n) is 7.44. The van der Waals surface area contributed by atoms with Gasteiger partial charge in [0.2, 0.25) is 11.7 Å². The van der Waals surface area contributed by atoms with Crippen LogP contribution in [0, 0.1) is 5.82 Å². The van der Waals surface area contributed by atoms with Gasteiger partial charge in [-0.2, -0.15) is 5.21 Å². The lowest BCUT2D eigenvalue weighted by Crippen LogP contribution is -2.11. The van der Waals surface area contributed by atoms with Crippen LogP contribution in [0.2, 0.25) is 0 Å². The van der Waals surface area contributed by atoms with Crippen molar-refractivity contribution in [3.05, 3.63) is 29.6 Å². The third-order valence-corrected chi connectivity index (χ3v) is 1.84. The fourth-order valence-corrected chi connectivity index (χ4v) is 1.13. The summed E-state index contributed by atoms with van der Waals surface area (Å²) < 4.78 is 13.4. The van der Waals surface area contributed by atoms with Crippen molar-refractivity contribution in [3.8, 4) is 11.4 Å². The molecule has 1 aromatic carbocycles. The van der Waals surface area contributed by atoms with Gasteiger partial charge in [0, 0.05) is 5.56 Å². The van der Waals surface area contributed by atoms with Crippen LogP contribution in [0.1, 0.15) is 10.4 Å². The zero-order valence-corrected chi connectivity index (χ0v) is 7.44. The molecular formula is C8H6FN5O. The van der Waals surface area contributed by atoms with E-state index in [1.165, 1.54) is 12.1 Å². The highest BCUT2D eigenvalue weighted by atomic mass is 19.1. The summed E-state index contributed by atoms with van der Waals surface area (Å²) in [5.41, 5.74) is 5.25. The Balaban J connectivity index is 2.48. The first-order valence-corrected chi connectivity index (χ1v) is 4.01. The van der Waals surface area contributed by atoms with E-state index in [0.717, 1.165) is 6.07 Å². The van der Waals surface area contributed by atoms with Crippen molar-refractivity contribution in [2.45, 2.75) is 0 Å². The lowest BCUT2D eigenvalue weighted by molar-refractivity contribution is 0.1000. The molecule has 6 nitrogen and oxygen atoms in total. The van der Waals surface area contributed by atoms with E-state index in [1.54, 1.807) is 0 Å². The molecule has 0 aliphatic rings. The molecule has 1 amide bonds. The van der Waals surface area contributed by atoms with E-state index >= 15 is 0 Å². The van der Waals surface area contributed by atoms with E-state index < -0.39 is 11.7 Å². The van der Waals surface area contributed by atoms with Gasteiger partial charge in [0.1, 0.15) is 5.82 Å². The number of amides is 1. The molecule has 2 aromatic rings. The molecule has 0 saturated carbocycles. The largest absolute Gasteiger partial charge is 0.366 e. The number of rotatable bonds is 2. The summed E-state index contributed by atoms with van der Waals surface area (Å²) in [6.45, 7) is 0. The SMILES string of the molecule is NC(=O)c1ccc(-c2nn[nH]n2)c(F)c1. The van der Waals surface area contributed by atoms with Crippen LogP contribution < -0.4 is 5.73 Å².